The normalized spacial score (nSPS) is 18.8. The predicted molar refractivity (Wildman–Crippen MR) is 137 cm³/mol. The van der Waals surface area contributed by atoms with Gasteiger partial charge in [-0.25, -0.2) is 0 Å². The first-order chi connectivity index (χ1) is 16.1. The molecular formula is C27H30ClN3OS. The second-order valence-electron chi connectivity index (χ2n) is 9.52. The summed E-state index contributed by atoms with van der Waals surface area (Å²) in [6, 6.07) is 17.3. The molecule has 0 unspecified atom stereocenters. The van der Waals surface area contributed by atoms with Gasteiger partial charge >= 0.3 is 0 Å². The Balaban J connectivity index is 1.34. The smallest absolute Gasteiger partial charge is 0.137 e. The van der Waals surface area contributed by atoms with Crippen molar-refractivity contribution in [2.45, 2.75) is 67.5 Å². The van der Waals surface area contributed by atoms with Gasteiger partial charge in [-0.3, -0.25) is 5.32 Å². The number of rotatable bonds is 8. The molecule has 6 heteroatoms. The molecule has 0 radical (unpaired) electrons. The third-order valence-electron chi connectivity index (χ3n) is 7.28. The zero-order valence-electron chi connectivity index (χ0n) is 19.0. The Labute approximate surface area is 205 Å². The summed E-state index contributed by atoms with van der Waals surface area (Å²) in [6.45, 7) is 1.40. The van der Waals surface area contributed by atoms with Crippen LogP contribution in [0.4, 0.5) is 0 Å². The number of nitrogens with zero attached hydrogens (tertiary/aromatic N) is 1. The molecule has 0 saturated heterocycles. The number of furan rings is 1. The maximum absolute atomic E-state index is 9.46. The van der Waals surface area contributed by atoms with Crippen molar-refractivity contribution in [2.75, 3.05) is 12.8 Å². The molecule has 0 spiro atoms. The summed E-state index contributed by atoms with van der Waals surface area (Å²) in [7, 11) is 0. The van der Waals surface area contributed by atoms with Crippen LogP contribution in [0.3, 0.4) is 0 Å². The fourth-order valence-electron chi connectivity index (χ4n) is 4.90. The van der Waals surface area contributed by atoms with Crippen molar-refractivity contribution in [1.29, 1.82) is 5.26 Å². The minimum Gasteiger partial charge on any atom is -0.458 e. The first kappa shape index (κ1) is 22.8. The molecule has 2 aliphatic carbocycles. The Morgan fingerprint density at radius 3 is 2.39 bits per heavy atom. The van der Waals surface area contributed by atoms with Crippen LogP contribution in [0.2, 0.25) is 5.02 Å². The van der Waals surface area contributed by atoms with E-state index in [4.69, 9.17) is 16.0 Å². The lowest BCUT2D eigenvalue weighted by atomic mass is 9.81. The highest BCUT2D eigenvalue weighted by Crippen LogP contribution is 2.37. The van der Waals surface area contributed by atoms with Gasteiger partial charge in [0.25, 0.3) is 0 Å². The van der Waals surface area contributed by atoms with Crippen LogP contribution in [0, 0.1) is 11.3 Å². The summed E-state index contributed by atoms with van der Waals surface area (Å²) in [5.74, 6) is 0.785. The van der Waals surface area contributed by atoms with E-state index in [-0.39, 0.29) is 11.1 Å². The number of nitriles is 1. The molecule has 2 aromatic carbocycles. The standard InChI is InChI=1S/C27H30ClN3OS/c1-33-21-8-5-19(6-9-21)20-7-10-22-23(15-20)32-24(25(22)28)16-30-27(11-3-2-4-12-27)18-31-26(17-29)13-14-26/h5-10,15,30-31H,2-4,11-14,16,18H2,1H3. The molecule has 33 heavy (non-hydrogen) atoms. The topological polar surface area (TPSA) is 61.0 Å². The Morgan fingerprint density at radius 2 is 1.73 bits per heavy atom. The maximum Gasteiger partial charge on any atom is 0.137 e. The molecule has 2 saturated carbocycles. The van der Waals surface area contributed by atoms with Gasteiger partial charge in [-0.1, -0.05) is 49.1 Å². The van der Waals surface area contributed by atoms with Gasteiger partial charge in [-0.15, -0.1) is 11.8 Å². The summed E-state index contributed by atoms with van der Waals surface area (Å²) in [5, 5.41) is 18.4. The number of nitrogens with one attached hydrogen (secondary N) is 2. The van der Waals surface area contributed by atoms with Crippen LogP contribution in [-0.2, 0) is 6.54 Å². The third kappa shape index (κ3) is 4.81. The molecule has 0 amide bonds. The molecular weight excluding hydrogens is 450 g/mol. The van der Waals surface area contributed by atoms with Crippen LogP contribution >= 0.6 is 23.4 Å². The Bertz CT molecular complexity index is 1170. The Hall–Kier alpha value is -1.97. The fourth-order valence-corrected chi connectivity index (χ4v) is 5.57. The lowest BCUT2D eigenvalue weighted by Gasteiger charge is -2.39. The molecule has 0 aliphatic heterocycles. The zero-order valence-corrected chi connectivity index (χ0v) is 20.6. The Morgan fingerprint density at radius 1 is 1.00 bits per heavy atom. The van der Waals surface area contributed by atoms with Crippen molar-refractivity contribution >= 4 is 34.3 Å². The first-order valence-corrected chi connectivity index (χ1v) is 13.4. The average molecular weight is 480 g/mol. The van der Waals surface area contributed by atoms with E-state index in [0.29, 0.717) is 11.6 Å². The van der Waals surface area contributed by atoms with Crippen molar-refractivity contribution in [3.8, 4) is 17.2 Å². The molecule has 1 aromatic heterocycles. The summed E-state index contributed by atoms with van der Waals surface area (Å²) in [6.07, 6.45) is 9.91. The minimum absolute atomic E-state index is 0.0167. The van der Waals surface area contributed by atoms with E-state index in [1.807, 2.05) is 0 Å². The third-order valence-corrected chi connectivity index (χ3v) is 8.44. The summed E-state index contributed by atoms with van der Waals surface area (Å²) < 4.78 is 6.25. The van der Waals surface area contributed by atoms with Gasteiger partial charge in [0, 0.05) is 22.4 Å². The number of benzene rings is 2. The average Bonchev–Trinajstić information content (AvgIpc) is 3.59. The molecule has 1 heterocycles. The fraction of sp³-hybridized carbons (Fsp3) is 0.444. The molecule has 5 rings (SSSR count). The molecule has 2 fully saturated rings. The van der Waals surface area contributed by atoms with Crippen LogP contribution in [0.25, 0.3) is 22.1 Å². The largest absolute Gasteiger partial charge is 0.458 e. The van der Waals surface area contributed by atoms with E-state index in [2.05, 4.69) is 65.4 Å². The van der Waals surface area contributed by atoms with E-state index in [1.54, 1.807) is 11.8 Å². The molecule has 0 atom stereocenters. The molecule has 2 aliphatic rings. The van der Waals surface area contributed by atoms with Crippen LogP contribution in [-0.4, -0.2) is 23.9 Å². The summed E-state index contributed by atoms with van der Waals surface area (Å²) in [4.78, 5) is 1.25. The van der Waals surface area contributed by atoms with Crippen LogP contribution in [0.1, 0.15) is 50.7 Å². The highest BCUT2D eigenvalue weighted by atomic mass is 35.5. The van der Waals surface area contributed by atoms with Crippen molar-refractivity contribution < 1.29 is 4.42 Å². The van der Waals surface area contributed by atoms with Crippen molar-refractivity contribution in [3.05, 3.63) is 53.2 Å². The quantitative estimate of drug-likeness (QED) is 0.343. The van der Waals surface area contributed by atoms with Gasteiger partial charge in [-0.2, -0.15) is 5.26 Å². The molecule has 2 N–H and O–H groups in total. The van der Waals surface area contributed by atoms with Gasteiger partial charge in [0.1, 0.15) is 16.9 Å². The predicted octanol–water partition coefficient (Wildman–Crippen LogP) is 6.91. The number of thioether (sulfide) groups is 1. The van der Waals surface area contributed by atoms with Gasteiger partial charge in [-0.05, 0) is 67.3 Å². The van der Waals surface area contributed by atoms with E-state index in [1.165, 1.54) is 29.7 Å². The van der Waals surface area contributed by atoms with E-state index >= 15 is 0 Å². The maximum atomic E-state index is 9.46. The van der Waals surface area contributed by atoms with E-state index in [0.717, 1.165) is 54.5 Å². The minimum atomic E-state index is -0.298. The lowest BCUT2D eigenvalue weighted by Crippen LogP contribution is -2.55. The van der Waals surface area contributed by atoms with Gasteiger partial charge < -0.3 is 9.73 Å². The molecule has 0 bridgehead atoms. The van der Waals surface area contributed by atoms with Gasteiger partial charge in [0.2, 0.25) is 0 Å². The highest BCUT2D eigenvalue weighted by Gasteiger charge is 2.45. The van der Waals surface area contributed by atoms with Gasteiger partial charge in [0.15, 0.2) is 0 Å². The van der Waals surface area contributed by atoms with Crippen molar-refractivity contribution in [3.63, 3.8) is 0 Å². The molecule has 4 nitrogen and oxygen atoms in total. The molecule has 172 valence electrons. The summed E-state index contributed by atoms with van der Waals surface area (Å²) >= 11 is 8.49. The summed E-state index contributed by atoms with van der Waals surface area (Å²) in [5.41, 5.74) is 2.80. The van der Waals surface area contributed by atoms with Crippen LogP contribution in [0.15, 0.2) is 51.8 Å². The van der Waals surface area contributed by atoms with E-state index < -0.39 is 0 Å². The van der Waals surface area contributed by atoms with Gasteiger partial charge in [0.05, 0.1) is 17.6 Å². The number of fused-ring (bicyclic) bond motifs is 1. The second-order valence-corrected chi connectivity index (χ2v) is 10.8. The van der Waals surface area contributed by atoms with Crippen LogP contribution in [0.5, 0.6) is 0 Å². The molecule has 3 aromatic rings. The second kappa shape index (κ2) is 9.35. The first-order valence-electron chi connectivity index (χ1n) is 11.8. The van der Waals surface area contributed by atoms with E-state index in [9.17, 15) is 5.26 Å². The van der Waals surface area contributed by atoms with Crippen LogP contribution < -0.4 is 10.6 Å². The SMILES string of the molecule is CSc1ccc(-c2ccc3c(Cl)c(CNC4(CNC5(C#N)CC5)CCCCC4)oc3c2)cc1. The lowest BCUT2D eigenvalue weighted by molar-refractivity contribution is 0.211. The monoisotopic (exact) mass is 479 g/mol. The van der Waals surface area contributed by atoms with Crippen molar-refractivity contribution in [1.82, 2.24) is 10.6 Å². The number of hydrogen-bond acceptors (Lipinski definition) is 5. The highest BCUT2D eigenvalue weighted by molar-refractivity contribution is 7.98. The van der Waals surface area contributed by atoms with Crippen molar-refractivity contribution in [2.24, 2.45) is 0 Å². The number of halogens is 1. The number of hydrogen-bond donors (Lipinski definition) is 2. The Kier molecular flexibility index (Phi) is 6.46. The zero-order chi connectivity index (χ0) is 22.9.